The molecule has 1 atom stereocenters. The molecule has 0 spiro atoms. The minimum Gasteiger partial charge on any atom is -0.390 e. The fourth-order valence-corrected chi connectivity index (χ4v) is 5.52. The molecule has 5 nitrogen and oxygen atoms in total. The molecular weight excluding hydrogens is 384 g/mol. The second kappa shape index (κ2) is 10.9. The van der Waals surface area contributed by atoms with E-state index in [0.29, 0.717) is 30.4 Å². The molecule has 1 aliphatic rings. The van der Waals surface area contributed by atoms with E-state index >= 15 is 0 Å². The lowest BCUT2D eigenvalue weighted by Gasteiger charge is -2.30. The number of aliphatic hydroxyl groups is 1. The van der Waals surface area contributed by atoms with Crippen LogP contribution in [-0.2, 0) is 16.6 Å². The maximum absolute atomic E-state index is 13.2. The summed E-state index contributed by atoms with van der Waals surface area (Å²) in [5.41, 5.74) is 1.13. The van der Waals surface area contributed by atoms with Crippen LogP contribution in [-0.4, -0.2) is 43.6 Å². The third-order valence-electron chi connectivity index (χ3n) is 5.53. The van der Waals surface area contributed by atoms with Crippen molar-refractivity contribution in [3.05, 3.63) is 66.2 Å². The molecule has 1 fully saturated rings. The standard InChI is InChI=1S/C23H32N2O3S/c26-22(17-24-16-20-10-4-1-5-11-20)19-25(18-21-12-6-2-7-13-21)29(27,28)23-14-8-3-9-15-23/h1,3-5,8-11,14-15,21-22,24,26H,2,6-7,12-13,16-19H2/t22-/m1/s1. The van der Waals surface area contributed by atoms with Gasteiger partial charge >= 0.3 is 0 Å². The molecule has 3 rings (SSSR count). The molecule has 0 saturated heterocycles. The van der Waals surface area contributed by atoms with Crippen LogP contribution in [0.4, 0.5) is 0 Å². The first-order chi connectivity index (χ1) is 14.1. The maximum Gasteiger partial charge on any atom is 0.243 e. The third-order valence-corrected chi connectivity index (χ3v) is 7.38. The Hall–Kier alpha value is -1.73. The Bertz CT molecular complexity index is 822. The molecule has 2 aromatic rings. The van der Waals surface area contributed by atoms with Crippen LogP contribution in [0.15, 0.2) is 65.6 Å². The van der Waals surface area contributed by atoms with Crippen LogP contribution < -0.4 is 5.32 Å². The van der Waals surface area contributed by atoms with E-state index in [1.165, 1.54) is 10.7 Å². The Morgan fingerprint density at radius 3 is 2.24 bits per heavy atom. The number of nitrogens with one attached hydrogen (secondary N) is 1. The van der Waals surface area contributed by atoms with Gasteiger partial charge in [-0.2, -0.15) is 4.31 Å². The van der Waals surface area contributed by atoms with E-state index in [4.69, 9.17) is 0 Å². The molecule has 0 radical (unpaired) electrons. The summed E-state index contributed by atoms with van der Waals surface area (Å²) >= 11 is 0. The van der Waals surface area contributed by atoms with Gasteiger partial charge < -0.3 is 10.4 Å². The highest BCUT2D eigenvalue weighted by atomic mass is 32.2. The van der Waals surface area contributed by atoms with Crippen molar-refractivity contribution >= 4 is 10.0 Å². The van der Waals surface area contributed by atoms with Gasteiger partial charge in [0, 0.05) is 26.2 Å². The van der Waals surface area contributed by atoms with Crippen LogP contribution >= 0.6 is 0 Å². The highest BCUT2D eigenvalue weighted by Crippen LogP contribution is 2.27. The lowest BCUT2D eigenvalue weighted by molar-refractivity contribution is 0.134. The Labute approximate surface area is 174 Å². The van der Waals surface area contributed by atoms with Crippen LogP contribution in [0.25, 0.3) is 0 Å². The molecule has 0 aromatic heterocycles. The van der Waals surface area contributed by atoms with Crippen LogP contribution in [0, 0.1) is 5.92 Å². The van der Waals surface area contributed by atoms with Gasteiger partial charge in [-0.05, 0) is 36.5 Å². The van der Waals surface area contributed by atoms with Crippen molar-refractivity contribution in [2.24, 2.45) is 5.92 Å². The molecular formula is C23H32N2O3S. The van der Waals surface area contributed by atoms with E-state index in [9.17, 15) is 13.5 Å². The van der Waals surface area contributed by atoms with Crippen molar-refractivity contribution in [3.63, 3.8) is 0 Å². The van der Waals surface area contributed by atoms with Gasteiger partial charge in [0.25, 0.3) is 0 Å². The first kappa shape index (κ1) is 22.0. The van der Waals surface area contributed by atoms with E-state index in [-0.39, 0.29) is 6.54 Å². The Morgan fingerprint density at radius 2 is 1.59 bits per heavy atom. The van der Waals surface area contributed by atoms with Gasteiger partial charge in [0.1, 0.15) is 0 Å². The van der Waals surface area contributed by atoms with Gasteiger partial charge in [0.05, 0.1) is 11.0 Å². The highest BCUT2D eigenvalue weighted by Gasteiger charge is 2.29. The summed E-state index contributed by atoms with van der Waals surface area (Å²) in [6, 6.07) is 18.5. The van der Waals surface area contributed by atoms with E-state index in [2.05, 4.69) is 5.32 Å². The highest BCUT2D eigenvalue weighted by molar-refractivity contribution is 7.89. The second-order valence-electron chi connectivity index (χ2n) is 7.91. The van der Waals surface area contributed by atoms with E-state index in [1.54, 1.807) is 24.3 Å². The summed E-state index contributed by atoms with van der Waals surface area (Å²) in [4.78, 5) is 0.292. The molecule has 0 unspecified atom stereocenters. The minimum absolute atomic E-state index is 0.107. The van der Waals surface area contributed by atoms with Gasteiger partial charge in [-0.1, -0.05) is 67.8 Å². The van der Waals surface area contributed by atoms with Crippen LogP contribution in [0.1, 0.15) is 37.7 Å². The fourth-order valence-electron chi connectivity index (χ4n) is 3.95. The predicted molar refractivity (Wildman–Crippen MR) is 116 cm³/mol. The largest absolute Gasteiger partial charge is 0.390 e. The molecule has 1 saturated carbocycles. The van der Waals surface area contributed by atoms with Gasteiger partial charge in [-0.25, -0.2) is 8.42 Å². The summed E-state index contributed by atoms with van der Waals surface area (Å²) in [5, 5.41) is 13.8. The van der Waals surface area contributed by atoms with Crippen molar-refractivity contribution in [3.8, 4) is 0 Å². The quantitative estimate of drug-likeness (QED) is 0.623. The van der Waals surface area contributed by atoms with Crippen molar-refractivity contribution in [1.82, 2.24) is 9.62 Å². The molecule has 0 amide bonds. The van der Waals surface area contributed by atoms with Gasteiger partial charge in [0.2, 0.25) is 10.0 Å². The normalized spacial score (nSPS) is 16.8. The van der Waals surface area contributed by atoms with E-state index < -0.39 is 16.1 Å². The number of aliphatic hydroxyl groups excluding tert-OH is 1. The molecule has 158 valence electrons. The third kappa shape index (κ3) is 6.64. The molecule has 0 bridgehead atoms. The summed E-state index contributed by atoms with van der Waals surface area (Å²) in [5.74, 6) is 0.367. The Kier molecular flexibility index (Phi) is 8.24. The van der Waals surface area contributed by atoms with Gasteiger partial charge in [-0.15, -0.1) is 0 Å². The molecule has 0 heterocycles. The smallest absolute Gasteiger partial charge is 0.243 e. The molecule has 1 aliphatic carbocycles. The molecule has 29 heavy (non-hydrogen) atoms. The van der Waals surface area contributed by atoms with Crippen molar-refractivity contribution < 1.29 is 13.5 Å². The summed E-state index contributed by atoms with van der Waals surface area (Å²) in [6.45, 7) is 1.58. The fraction of sp³-hybridized carbons (Fsp3) is 0.478. The number of nitrogens with zero attached hydrogens (tertiary/aromatic N) is 1. The number of sulfonamides is 1. The zero-order chi connectivity index (χ0) is 20.5. The number of rotatable bonds is 10. The summed E-state index contributed by atoms with van der Waals surface area (Å²) in [6.07, 6.45) is 4.90. The average molecular weight is 417 g/mol. The summed E-state index contributed by atoms with van der Waals surface area (Å²) < 4.78 is 28.0. The van der Waals surface area contributed by atoms with E-state index in [0.717, 1.165) is 31.2 Å². The molecule has 2 aromatic carbocycles. The van der Waals surface area contributed by atoms with Crippen LogP contribution in [0.5, 0.6) is 0 Å². The number of hydrogen-bond donors (Lipinski definition) is 2. The molecule has 2 N–H and O–H groups in total. The summed E-state index contributed by atoms with van der Waals surface area (Å²) in [7, 11) is -3.63. The van der Waals surface area contributed by atoms with Crippen molar-refractivity contribution in [1.29, 1.82) is 0 Å². The van der Waals surface area contributed by atoms with Crippen molar-refractivity contribution in [2.75, 3.05) is 19.6 Å². The maximum atomic E-state index is 13.2. The van der Waals surface area contributed by atoms with E-state index in [1.807, 2.05) is 36.4 Å². The average Bonchev–Trinajstić information content (AvgIpc) is 2.75. The van der Waals surface area contributed by atoms with Gasteiger partial charge in [-0.3, -0.25) is 0 Å². The lowest BCUT2D eigenvalue weighted by atomic mass is 9.89. The SMILES string of the molecule is O=S(=O)(c1ccccc1)N(CC1CCCCC1)C[C@H](O)CNCc1ccccc1. The number of benzene rings is 2. The number of hydrogen-bond acceptors (Lipinski definition) is 4. The molecule has 0 aliphatic heterocycles. The zero-order valence-electron chi connectivity index (χ0n) is 16.9. The lowest BCUT2D eigenvalue weighted by Crippen LogP contribution is -2.43. The minimum atomic E-state index is -3.63. The van der Waals surface area contributed by atoms with Crippen LogP contribution in [0.3, 0.4) is 0 Å². The van der Waals surface area contributed by atoms with Crippen LogP contribution in [0.2, 0.25) is 0 Å². The second-order valence-corrected chi connectivity index (χ2v) is 9.85. The first-order valence-corrected chi connectivity index (χ1v) is 12.0. The first-order valence-electron chi connectivity index (χ1n) is 10.5. The Balaban J connectivity index is 1.63. The zero-order valence-corrected chi connectivity index (χ0v) is 17.7. The van der Waals surface area contributed by atoms with Crippen molar-refractivity contribution in [2.45, 2.75) is 49.6 Å². The Morgan fingerprint density at radius 1 is 0.966 bits per heavy atom. The molecule has 6 heteroatoms. The predicted octanol–water partition coefficient (Wildman–Crippen LogP) is 3.41. The topological polar surface area (TPSA) is 69.6 Å². The van der Waals surface area contributed by atoms with Gasteiger partial charge in [0.15, 0.2) is 0 Å². The monoisotopic (exact) mass is 416 g/mol.